The van der Waals surface area contributed by atoms with E-state index in [1.807, 2.05) is 30.3 Å². The maximum absolute atomic E-state index is 13.6. The smallest absolute Gasteiger partial charge is 0.408 e. The van der Waals surface area contributed by atoms with Crippen LogP contribution in [0.1, 0.15) is 58.1 Å². The Hall–Kier alpha value is -3.97. The van der Waals surface area contributed by atoms with Crippen molar-refractivity contribution in [1.82, 2.24) is 20.3 Å². The Morgan fingerprint density at radius 1 is 0.867 bits per heavy atom. The molecule has 248 valence electrons. The number of anilines is 1. The van der Waals surface area contributed by atoms with Crippen LogP contribution < -0.4 is 20.3 Å². The highest BCUT2D eigenvalue weighted by molar-refractivity contribution is 7.90. The van der Waals surface area contributed by atoms with Crippen LogP contribution in [0, 0.1) is 0 Å². The molecule has 0 heterocycles. The molecule has 13 heteroatoms. The number of benzene rings is 2. The van der Waals surface area contributed by atoms with Crippen LogP contribution in [0.3, 0.4) is 0 Å². The van der Waals surface area contributed by atoms with Crippen molar-refractivity contribution < 1.29 is 32.3 Å². The summed E-state index contributed by atoms with van der Waals surface area (Å²) in [6.07, 6.45) is 2.68. The molecule has 0 radical (unpaired) electrons. The molecule has 12 nitrogen and oxygen atoms in total. The molecule has 2 aromatic carbocycles. The fraction of sp³-hybridized carbons (Fsp3) is 0.500. The minimum atomic E-state index is -3.92. The number of nitrogens with zero attached hydrogens (tertiary/aromatic N) is 2. The zero-order valence-electron chi connectivity index (χ0n) is 27.0. The fourth-order valence-electron chi connectivity index (χ4n) is 4.33. The summed E-state index contributed by atoms with van der Waals surface area (Å²) in [6, 6.07) is 13.5. The molecule has 2 aromatic rings. The first kappa shape index (κ1) is 37.2. The quantitative estimate of drug-likeness (QED) is 0.177. The van der Waals surface area contributed by atoms with Crippen LogP contribution in [0.2, 0.25) is 0 Å². The lowest BCUT2D eigenvalue weighted by Gasteiger charge is -2.26. The van der Waals surface area contributed by atoms with Crippen molar-refractivity contribution in [2.45, 2.75) is 77.5 Å². The molecule has 2 atom stereocenters. The maximum Gasteiger partial charge on any atom is 0.408 e. The second-order valence-corrected chi connectivity index (χ2v) is 13.9. The van der Waals surface area contributed by atoms with Gasteiger partial charge in [0.05, 0.1) is 12.2 Å². The highest BCUT2D eigenvalue weighted by atomic mass is 32.2. The predicted octanol–water partition coefficient (Wildman–Crippen LogP) is 2.97. The van der Waals surface area contributed by atoms with E-state index in [9.17, 15) is 27.6 Å². The SMILES string of the molecule is CCCCCNC(=O)[C@H](Cc1ccc(N(CC=O)S(=O)(=O)N(C)C)cc1)NC(=O)C(Cc1ccccc1)NC(=O)OC(C)(C)C. The van der Waals surface area contributed by atoms with E-state index in [1.165, 1.54) is 14.1 Å². The summed E-state index contributed by atoms with van der Waals surface area (Å²) in [7, 11) is -1.18. The summed E-state index contributed by atoms with van der Waals surface area (Å²) in [6.45, 7) is 7.28. The number of nitrogens with one attached hydrogen (secondary N) is 3. The third-order valence-corrected chi connectivity index (χ3v) is 8.49. The number of ether oxygens (including phenoxy) is 1. The molecule has 2 rings (SSSR count). The molecule has 1 unspecified atom stereocenters. The van der Waals surface area contributed by atoms with Crippen molar-refractivity contribution in [3.05, 3.63) is 65.7 Å². The van der Waals surface area contributed by atoms with Gasteiger partial charge in [0, 0.05) is 33.5 Å². The van der Waals surface area contributed by atoms with Gasteiger partial charge in [0.2, 0.25) is 11.8 Å². The van der Waals surface area contributed by atoms with Gasteiger partial charge in [-0.2, -0.15) is 12.7 Å². The Morgan fingerprint density at radius 2 is 1.44 bits per heavy atom. The minimum Gasteiger partial charge on any atom is -0.444 e. The summed E-state index contributed by atoms with van der Waals surface area (Å²) < 4.78 is 32.9. The lowest BCUT2D eigenvalue weighted by Crippen LogP contribution is -2.55. The molecule has 0 spiro atoms. The van der Waals surface area contributed by atoms with E-state index in [0.29, 0.717) is 18.4 Å². The third kappa shape index (κ3) is 12.5. The monoisotopic (exact) mass is 645 g/mol. The lowest BCUT2D eigenvalue weighted by atomic mass is 10.0. The van der Waals surface area contributed by atoms with Gasteiger partial charge in [0.1, 0.15) is 24.0 Å². The molecule has 0 aliphatic heterocycles. The maximum atomic E-state index is 13.6. The minimum absolute atomic E-state index is 0.0875. The standard InChI is InChI=1S/C32H47N5O7S/c1-7-8-12-19-33-29(39)27(23-25-15-17-26(18-16-25)37(20-21-38)45(42,43)36(5)6)34-30(40)28(22-24-13-10-9-11-14-24)35-31(41)44-32(2,3)4/h9-11,13-18,21,27-28H,7-8,12,19-20,22-23H2,1-6H3,(H,33,39)(H,34,40)(H,35,41)/t27-,28?/m0/s1. The second kappa shape index (κ2) is 17.5. The third-order valence-electron chi connectivity index (χ3n) is 6.65. The Labute approximate surface area is 267 Å². The first-order valence-corrected chi connectivity index (χ1v) is 16.4. The van der Waals surface area contributed by atoms with Gasteiger partial charge < -0.3 is 25.5 Å². The Morgan fingerprint density at radius 3 is 1.98 bits per heavy atom. The van der Waals surface area contributed by atoms with Crippen LogP contribution in [-0.4, -0.2) is 81.8 Å². The summed E-state index contributed by atoms with van der Waals surface area (Å²) in [5, 5.41) is 8.34. The van der Waals surface area contributed by atoms with Crippen LogP contribution in [0.5, 0.6) is 0 Å². The van der Waals surface area contributed by atoms with Crippen molar-refractivity contribution in [2.75, 3.05) is 31.5 Å². The van der Waals surface area contributed by atoms with Gasteiger partial charge in [-0.3, -0.25) is 13.9 Å². The molecular weight excluding hydrogens is 598 g/mol. The average Bonchev–Trinajstić information content (AvgIpc) is 2.97. The number of carbonyl (C=O) groups excluding carboxylic acids is 4. The van der Waals surface area contributed by atoms with E-state index in [1.54, 1.807) is 45.0 Å². The zero-order valence-corrected chi connectivity index (χ0v) is 27.9. The Bertz CT molecular complexity index is 1360. The number of alkyl carbamates (subject to hydrolysis) is 1. The molecule has 0 aliphatic carbocycles. The molecule has 3 N–H and O–H groups in total. The van der Waals surface area contributed by atoms with E-state index in [0.717, 1.165) is 33.4 Å². The average molecular weight is 646 g/mol. The largest absolute Gasteiger partial charge is 0.444 e. The molecular formula is C32H47N5O7S. The van der Waals surface area contributed by atoms with E-state index in [2.05, 4.69) is 22.9 Å². The van der Waals surface area contributed by atoms with Crippen molar-refractivity contribution in [3.63, 3.8) is 0 Å². The molecule has 0 saturated carbocycles. The van der Waals surface area contributed by atoms with Crippen molar-refractivity contribution >= 4 is 40.1 Å². The van der Waals surface area contributed by atoms with Crippen molar-refractivity contribution in [1.29, 1.82) is 0 Å². The van der Waals surface area contributed by atoms with Gasteiger partial charge in [0.25, 0.3) is 0 Å². The molecule has 0 fully saturated rings. The lowest BCUT2D eigenvalue weighted by molar-refractivity contribution is -0.130. The molecule has 45 heavy (non-hydrogen) atoms. The van der Waals surface area contributed by atoms with Crippen LogP contribution in [0.15, 0.2) is 54.6 Å². The number of amides is 3. The van der Waals surface area contributed by atoms with Gasteiger partial charge in [-0.1, -0.05) is 62.2 Å². The molecule has 0 aliphatic rings. The van der Waals surface area contributed by atoms with Crippen molar-refractivity contribution in [2.24, 2.45) is 0 Å². The predicted molar refractivity (Wildman–Crippen MR) is 174 cm³/mol. The Kier molecular flexibility index (Phi) is 14.5. The van der Waals surface area contributed by atoms with E-state index >= 15 is 0 Å². The number of unbranched alkanes of at least 4 members (excludes halogenated alkanes) is 2. The first-order valence-electron chi connectivity index (χ1n) is 15.0. The highest BCUT2D eigenvalue weighted by Crippen LogP contribution is 2.20. The first-order chi connectivity index (χ1) is 21.2. The van der Waals surface area contributed by atoms with Gasteiger partial charge in [-0.15, -0.1) is 0 Å². The number of hydrogen-bond donors (Lipinski definition) is 3. The van der Waals surface area contributed by atoms with E-state index in [4.69, 9.17) is 4.74 Å². The molecule has 3 amide bonds. The fourth-order valence-corrected chi connectivity index (χ4v) is 5.36. The topological polar surface area (TPSA) is 154 Å². The normalized spacial score (nSPS) is 13.0. The summed E-state index contributed by atoms with van der Waals surface area (Å²) in [4.78, 5) is 50.9. The zero-order chi connectivity index (χ0) is 33.6. The molecule has 0 saturated heterocycles. The van der Waals surface area contributed by atoms with E-state index in [-0.39, 0.29) is 25.1 Å². The molecule has 0 aromatic heterocycles. The Balaban J connectivity index is 2.34. The number of carbonyl (C=O) groups is 4. The van der Waals surface area contributed by atoms with Gasteiger partial charge >= 0.3 is 16.3 Å². The number of rotatable bonds is 17. The van der Waals surface area contributed by atoms with Gasteiger partial charge in [-0.05, 0) is 50.5 Å². The van der Waals surface area contributed by atoms with Crippen LogP contribution in [0.4, 0.5) is 10.5 Å². The van der Waals surface area contributed by atoms with Crippen LogP contribution >= 0.6 is 0 Å². The van der Waals surface area contributed by atoms with E-state index < -0.39 is 45.8 Å². The summed E-state index contributed by atoms with van der Waals surface area (Å²) in [5.74, 6) is -0.957. The number of aldehydes is 1. The van der Waals surface area contributed by atoms with Crippen LogP contribution in [0.25, 0.3) is 0 Å². The van der Waals surface area contributed by atoms with Crippen LogP contribution in [-0.2, 0) is 42.2 Å². The summed E-state index contributed by atoms with van der Waals surface area (Å²) in [5.41, 5.74) is 0.935. The van der Waals surface area contributed by atoms with Gasteiger partial charge in [-0.25, -0.2) is 4.79 Å². The van der Waals surface area contributed by atoms with Crippen molar-refractivity contribution in [3.8, 4) is 0 Å². The number of hydrogen-bond acceptors (Lipinski definition) is 7. The second-order valence-electron chi connectivity index (χ2n) is 11.8. The molecule has 0 bridgehead atoms. The van der Waals surface area contributed by atoms with Gasteiger partial charge in [0.15, 0.2) is 0 Å². The highest BCUT2D eigenvalue weighted by Gasteiger charge is 2.29. The summed E-state index contributed by atoms with van der Waals surface area (Å²) >= 11 is 0.